The molecule has 0 spiro atoms. The van der Waals surface area contributed by atoms with Crippen LogP contribution in [-0.4, -0.2) is 0 Å². The quantitative estimate of drug-likeness (QED) is 0.645. The van der Waals surface area contributed by atoms with Crippen molar-refractivity contribution in [3.05, 3.63) is 83.4 Å². The molecule has 3 aliphatic rings. The van der Waals surface area contributed by atoms with Crippen molar-refractivity contribution >= 4 is 11.6 Å². The highest BCUT2D eigenvalue weighted by atomic mass is 14.5. The molecule has 0 aromatic heterocycles. The highest BCUT2D eigenvalue weighted by Crippen LogP contribution is 2.62. The summed E-state index contributed by atoms with van der Waals surface area (Å²) < 4.78 is 0. The van der Waals surface area contributed by atoms with Gasteiger partial charge >= 0.3 is 0 Å². The van der Waals surface area contributed by atoms with Gasteiger partial charge in [0.1, 0.15) is 0 Å². The SMILES string of the molecule is C=C(C1=Cc2ccccc2[C@@H]2[C@H]3CC[C@H](C3)[C@H]12)c1ccccc1. The Hall–Kier alpha value is -2.08. The summed E-state index contributed by atoms with van der Waals surface area (Å²) in [4.78, 5) is 0. The molecule has 5 rings (SSSR count). The van der Waals surface area contributed by atoms with Crippen LogP contribution in [0.2, 0.25) is 0 Å². The summed E-state index contributed by atoms with van der Waals surface area (Å²) in [6.45, 7) is 4.50. The van der Waals surface area contributed by atoms with Gasteiger partial charge in [-0.1, -0.05) is 67.3 Å². The van der Waals surface area contributed by atoms with E-state index < -0.39 is 0 Å². The van der Waals surface area contributed by atoms with E-state index in [0.29, 0.717) is 5.92 Å². The third-order valence-corrected chi connectivity index (χ3v) is 6.41. The predicted molar refractivity (Wildman–Crippen MR) is 97.0 cm³/mol. The second-order valence-corrected chi connectivity index (χ2v) is 7.46. The maximum absolute atomic E-state index is 4.50. The summed E-state index contributed by atoms with van der Waals surface area (Å²) in [6, 6.07) is 19.8. The van der Waals surface area contributed by atoms with Crippen molar-refractivity contribution in [2.45, 2.75) is 25.2 Å². The van der Waals surface area contributed by atoms with Crippen LogP contribution in [0.15, 0.2) is 66.7 Å². The Morgan fingerprint density at radius 3 is 2.35 bits per heavy atom. The second kappa shape index (κ2) is 4.96. The first-order valence-electron chi connectivity index (χ1n) is 8.88. The van der Waals surface area contributed by atoms with E-state index in [9.17, 15) is 0 Å². The molecule has 0 heterocycles. The first-order chi connectivity index (χ1) is 11.3. The fourth-order valence-electron chi connectivity index (χ4n) is 5.49. The van der Waals surface area contributed by atoms with Crippen molar-refractivity contribution in [3.63, 3.8) is 0 Å². The number of hydrogen-bond donors (Lipinski definition) is 0. The van der Waals surface area contributed by atoms with Crippen LogP contribution >= 0.6 is 0 Å². The summed E-state index contributed by atoms with van der Waals surface area (Å²) >= 11 is 0. The predicted octanol–water partition coefficient (Wildman–Crippen LogP) is 5.93. The molecule has 114 valence electrons. The zero-order valence-corrected chi connectivity index (χ0v) is 13.4. The minimum absolute atomic E-state index is 0.691. The molecular weight excluding hydrogens is 276 g/mol. The topological polar surface area (TPSA) is 0 Å². The minimum Gasteiger partial charge on any atom is -0.0909 e. The van der Waals surface area contributed by atoms with Crippen LogP contribution < -0.4 is 0 Å². The van der Waals surface area contributed by atoms with Gasteiger partial charge in [-0.3, -0.25) is 0 Å². The van der Waals surface area contributed by atoms with E-state index in [1.165, 1.54) is 41.5 Å². The molecule has 2 aromatic rings. The zero-order chi connectivity index (χ0) is 15.4. The van der Waals surface area contributed by atoms with Gasteiger partial charge in [0.25, 0.3) is 0 Å². The smallest absolute Gasteiger partial charge is 0.00556 e. The standard InChI is InChI=1S/C23H22/c1-15(16-7-3-2-4-8-16)21-14-17-9-5-6-10-20(17)22-18-11-12-19(13-18)23(21)22/h2-10,14,18-19,22-23H,1,11-13H2/t18-,19+,22-,23+/m0/s1. The molecule has 0 saturated heterocycles. The number of fused-ring (bicyclic) bond motifs is 7. The highest BCUT2D eigenvalue weighted by Gasteiger charge is 2.51. The Kier molecular flexibility index (Phi) is 2.88. The van der Waals surface area contributed by atoms with E-state index in [0.717, 1.165) is 17.8 Å². The maximum Gasteiger partial charge on any atom is -0.00556 e. The lowest BCUT2D eigenvalue weighted by Crippen LogP contribution is -2.26. The molecule has 2 fully saturated rings. The first-order valence-corrected chi connectivity index (χ1v) is 8.88. The molecule has 0 nitrogen and oxygen atoms in total. The van der Waals surface area contributed by atoms with Crippen LogP contribution in [0.5, 0.6) is 0 Å². The average molecular weight is 298 g/mol. The number of allylic oxidation sites excluding steroid dienone is 2. The van der Waals surface area contributed by atoms with Crippen LogP contribution in [0.3, 0.4) is 0 Å². The molecule has 0 amide bonds. The Labute approximate surface area is 138 Å². The van der Waals surface area contributed by atoms with Gasteiger partial charge in [-0.2, -0.15) is 0 Å². The fraction of sp³-hybridized carbons (Fsp3) is 0.304. The van der Waals surface area contributed by atoms with Crippen molar-refractivity contribution in [2.24, 2.45) is 17.8 Å². The van der Waals surface area contributed by atoms with Gasteiger partial charge in [-0.25, -0.2) is 0 Å². The molecule has 0 heteroatoms. The Balaban J connectivity index is 1.66. The lowest BCUT2D eigenvalue weighted by atomic mass is 9.66. The summed E-state index contributed by atoms with van der Waals surface area (Å²) in [5.41, 5.74) is 7.04. The number of rotatable bonds is 2. The van der Waals surface area contributed by atoms with Crippen LogP contribution in [0.25, 0.3) is 11.6 Å². The summed E-state index contributed by atoms with van der Waals surface area (Å²) in [7, 11) is 0. The molecule has 0 unspecified atom stereocenters. The Bertz CT molecular complexity index is 796. The number of benzene rings is 2. The largest absolute Gasteiger partial charge is 0.0909 e. The third kappa shape index (κ3) is 1.91. The van der Waals surface area contributed by atoms with E-state index in [-0.39, 0.29) is 0 Å². The lowest BCUT2D eigenvalue weighted by molar-refractivity contribution is 0.331. The van der Waals surface area contributed by atoms with Crippen molar-refractivity contribution in [2.75, 3.05) is 0 Å². The normalized spacial score (nSPS) is 30.5. The molecule has 0 radical (unpaired) electrons. The molecule has 2 aromatic carbocycles. The van der Waals surface area contributed by atoms with Crippen LogP contribution in [-0.2, 0) is 0 Å². The molecule has 2 saturated carbocycles. The summed E-state index contributed by atoms with van der Waals surface area (Å²) in [6.07, 6.45) is 6.69. The van der Waals surface area contributed by atoms with Crippen LogP contribution in [0.1, 0.15) is 41.9 Å². The van der Waals surface area contributed by atoms with Gasteiger partial charge in [-0.05, 0) is 70.8 Å². The van der Waals surface area contributed by atoms with E-state index in [1.807, 2.05) is 0 Å². The van der Waals surface area contributed by atoms with Crippen LogP contribution in [0.4, 0.5) is 0 Å². The Morgan fingerprint density at radius 1 is 0.826 bits per heavy atom. The molecule has 0 aliphatic heterocycles. The van der Waals surface area contributed by atoms with Gasteiger partial charge in [0.05, 0.1) is 0 Å². The molecule has 23 heavy (non-hydrogen) atoms. The summed E-state index contributed by atoms with van der Waals surface area (Å²) in [5.74, 6) is 3.17. The minimum atomic E-state index is 0.691. The summed E-state index contributed by atoms with van der Waals surface area (Å²) in [5, 5.41) is 0. The molecule has 2 bridgehead atoms. The van der Waals surface area contributed by atoms with Crippen molar-refractivity contribution < 1.29 is 0 Å². The van der Waals surface area contributed by atoms with Crippen molar-refractivity contribution in [3.8, 4) is 0 Å². The van der Waals surface area contributed by atoms with Crippen molar-refractivity contribution in [1.29, 1.82) is 0 Å². The molecule has 4 atom stereocenters. The third-order valence-electron chi connectivity index (χ3n) is 6.41. The van der Waals surface area contributed by atoms with E-state index >= 15 is 0 Å². The Morgan fingerprint density at radius 2 is 1.52 bits per heavy atom. The fourth-order valence-corrected chi connectivity index (χ4v) is 5.49. The second-order valence-electron chi connectivity index (χ2n) is 7.46. The first kappa shape index (κ1) is 13.4. The van der Waals surface area contributed by atoms with Gasteiger partial charge in [0.2, 0.25) is 0 Å². The monoisotopic (exact) mass is 298 g/mol. The molecular formula is C23H22. The van der Waals surface area contributed by atoms with E-state index in [2.05, 4.69) is 67.3 Å². The maximum atomic E-state index is 4.50. The van der Waals surface area contributed by atoms with E-state index in [4.69, 9.17) is 0 Å². The lowest BCUT2D eigenvalue weighted by Gasteiger charge is -2.38. The number of hydrogen-bond acceptors (Lipinski definition) is 0. The molecule has 3 aliphatic carbocycles. The van der Waals surface area contributed by atoms with E-state index in [1.54, 1.807) is 5.56 Å². The van der Waals surface area contributed by atoms with Gasteiger partial charge in [0.15, 0.2) is 0 Å². The van der Waals surface area contributed by atoms with Gasteiger partial charge in [0, 0.05) is 0 Å². The van der Waals surface area contributed by atoms with Gasteiger partial charge in [-0.15, -0.1) is 0 Å². The van der Waals surface area contributed by atoms with Gasteiger partial charge < -0.3 is 0 Å². The van der Waals surface area contributed by atoms with Crippen LogP contribution in [0, 0.1) is 17.8 Å². The average Bonchev–Trinajstić information content (AvgIpc) is 3.23. The van der Waals surface area contributed by atoms with Crippen molar-refractivity contribution in [1.82, 2.24) is 0 Å². The zero-order valence-electron chi connectivity index (χ0n) is 13.4. The molecule has 0 N–H and O–H groups in total. The highest BCUT2D eigenvalue weighted by molar-refractivity contribution is 5.86.